The fraction of sp³-hybridized carbons (Fsp3) is 1.00. The summed E-state index contributed by atoms with van der Waals surface area (Å²) in [4.78, 5) is 0. The minimum atomic E-state index is -4.07. The van der Waals surface area contributed by atoms with E-state index in [1.54, 1.807) is 0 Å². The van der Waals surface area contributed by atoms with Gasteiger partial charge in [-0.1, -0.05) is 0 Å². The second kappa shape index (κ2) is 5.77. The molecule has 2 N–H and O–H groups in total. The maximum atomic E-state index is 9.94. The van der Waals surface area contributed by atoms with Gasteiger partial charge in [-0.25, -0.2) is 0 Å². The standard InChI is InChI=1S/C3H7ClO4S.Na/c4-1-3(5)2-9(6,7)8;/h3,5H,1-2H2,(H,6,7,8);. The summed E-state index contributed by atoms with van der Waals surface area (Å²) >= 11 is 5.03. The van der Waals surface area contributed by atoms with Crippen LogP contribution in [0.1, 0.15) is 0 Å². The number of hydrogen-bond donors (Lipinski definition) is 2. The zero-order valence-corrected chi connectivity index (χ0v) is 9.06. The smallest absolute Gasteiger partial charge is 0.267 e. The number of hydrogen-bond acceptors (Lipinski definition) is 3. The van der Waals surface area contributed by atoms with Crippen molar-refractivity contribution in [1.82, 2.24) is 0 Å². The molecule has 0 heterocycles. The molecule has 4 nitrogen and oxygen atoms in total. The molecule has 10 heavy (non-hydrogen) atoms. The molecule has 1 unspecified atom stereocenters. The van der Waals surface area contributed by atoms with Gasteiger partial charge in [0.05, 0.1) is 6.10 Å². The predicted molar refractivity (Wildman–Crippen MR) is 38.9 cm³/mol. The van der Waals surface area contributed by atoms with Crippen LogP contribution in [0.5, 0.6) is 0 Å². The number of aliphatic hydroxyl groups is 1. The fourth-order valence-electron chi connectivity index (χ4n) is 0.288. The Morgan fingerprint density at radius 1 is 1.50 bits per heavy atom. The summed E-state index contributed by atoms with van der Waals surface area (Å²) in [7, 11) is -4.07. The summed E-state index contributed by atoms with van der Waals surface area (Å²) in [5.74, 6) is -0.893. The molecule has 0 saturated carbocycles. The Bertz CT molecular complexity index is 167. The Hall–Kier alpha value is 1.16. The van der Waals surface area contributed by atoms with E-state index in [1.807, 2.05) is 0 Å². The monoisotopic (exact) mass is 197 g/mol. The molecule has 0 spiro atoms. The van der Waals surface area contributed by atoms with Crippen molar-refractivity contribution in [3.63, 3.8) is 0 Å². The van der Waals surface area contributed by atoms with Crippen LogP contribution >= 0.6 is 11.6 Å². The number of alkyl halides is 1. The number of halogens is 1. The molecule has 0 aliphatic carbocycles. The molecule has 0 rings (SSSR count). The van der Waals surface area contributed by atoms with Crippen LogP contribution in [0.25, 0.3) is 0 Å². The molecular weight excluding hydrogens is 191 g/mol. The molecular formula is C3H7ClNaO4S. The Labute approximate surface area is 86.6 Å². The van der Waals surface area contributed by atoms with E-state index in [1.165, 1.54) is 0 Å². The number of rotatable bonds is 3. The van der Waals surface area contributed by atoms with Gasteiger partial charge >= 0.3 is 0 Å². The molecule has 1 atom stereocenters. The van der Waals surface area contributed by atoms with E-state index in [4.69, 9.17) is 21.3 Å². The maximum Gasteiger partial charge on any atom is 0.267 e. The van der Waals surface area contributed by atoms with E-state index in [0.717, 1.165) is 0 Å². The van der Waals surface area contributed by atoms with Gasteiger partial charge in [0.15, 0.2) is 0 Å². The molecule has 0 aliphatic rings. The van der Waals surface area contributed by atoms with Gasteiger partial charge in [0, 0.05) is 35.4 Å². The van der Waals surface area contributed by atoms with Gasteiger partial charge in [0.2, 0.25) is 0 Å². The van der Waals surface area contributed by atoms with Crippen LogP contribution in [0.2, 0.25) is 0 Å². The second-order valence-electron chi connectivity index (χ2n) is 1.56. The van der Waals surface area contributed by atoms with Crippen LogP contribution in [0.15, 0.2) is 0 Å². The molecule has 0 aliphatic heterocycles. The first kappa shape index (κ1) is 13.7. The molecule has 57 valence electrons. The normalized spacial score (nSPS) is 13.9. The van der Waals surface area contributed by atoms with Crippen LogP contribution in [0.3, 0.4) is 0 Å². The van der Waals surface area contributed by atoms with Gasteiger partial charge in [0.1, 0.15) is 5.75 Å². The molecule has 0 fully saturated rings. The van der Waals surface area contributed by atoms with Crippen molar-refractivity contribution >= 4 is 51.3 Å². The van der Waals surface area contributed by atoms with E-state index < -0.39 is 22.0 Å². The van der Waals surface area contributed by atoms with Crippen molar-refractivity contribution < 1.29 is 18.1 Å². The maximum absolute atomic E-state index is 9.94. The average molecular weight is 198 g/mol. The average Bonchev–Trinajstić information content (AvgIpc) is 1.62. The first-order valence-electron chi connectivity index (χ1n) is 2.15. The summed E-state index contributed by atoms with van der Waals surface area (Å²) in [6.45, 7) is 0. The van der Waals surface area contributed by atoms with E-state index in [2.05, 4.69) is 0 Å². The zero-order valence-electron chi connectivity index (χ0n) is 5.49. The van der Waals surface area contributed by atoms with Crippen LogP contribution < -0.4 is 0 Å². The topological polar surface area (TPSA) is 74.6 Å². The Morgan fingerprint density at radius 2 is 1.90 bits per heavy atom. The van der Waals surface area contributed by atoms with E-state index in [-0.39, 0.29) is 35.4 Å². The summed E-state index contributed by atoms with van der Waals surface area (Å²) in [5.41, 5.74) is 0. The van der Waals surface area contributed by atoms with Gasteiger partial charge in [0.25, 0.3) is 10.1 Å². The van der Waals surface area contributed by atoms with Crippen molar-refractivity contribution in [3.05, 3.63) is 0 Å². The second-order valence-corrected chi connectivity index (χ2v) is 3.36. The van der Waals surface area contributed by atoms with Gasteiger partial charge in [-0.05, 0) is 0 Å². The van der Waals surface area contributed by atoms with Gasteiger partial charge in [-0.2, -0.15) is 8.42 Å². The van der Waals surface area contributed by atoms with Crippen molar-refractivity contribution in [2.75, 3.05) is 11.6 Å². The minimum Gasteiger partial charge on any atom is -0.391 e. The largest absolute Gasteiger partial charge is 0.391 e. The Morgan fingerprint density at radius 3 is 2.00 bits per heavy atom. The summed E-state index contributed by atoms with van der Waals surface area (Å²) in [6, 6.07) is 0. The molecule has 7 heteroatoms. The third kappa shape index (κ3) is 9.16. The molecule has 0 amide bonds. The van der Waals surface area contributed by atoms with Crippen LogP contribution in [0, 0.1) is 0 Å². The zero-order chi connectivity index (χ0) is 7.49. The first-order valence-corrected chi connectivity index (χ1v) is 4.29. The number of aliphatic hydroxyl groups excluding tert-OH is 1. The molecule has 0 bridgehead atoms. The van der Waals surface area contributed by atoms with Gasteiger partial charge in [-0.3, -0.25) is 4.55 Å². The van der Waals surface area contributed by atoms with Gasteiger partial charge < -0.3 is 5.11 Å². The third-order valence-electron chi connectivity index (χ3n) is 0.581. The Kier molecular flexibility index (Phi) is 7.92. The SMILES string of the molecule is O=S(=O)(O)CC(O)CCl.[Na]. The Balaban J connectivity index is 0. The van der Waals surface area contributed by atoms with Crippen molar-refractivity contribution in [2.24, 2.45) is 0 Å². The van der Waals surface area contributed by atoms with Crippen LogP contribution in [-0.4, -0.2) is 65.4 Å². The molecule has 0 aromatic carbocycles. The summed E-state index contributed by atoms with van der Waals surface area (Å²) in [6.07, 6.45) is -1.18. The first-order chi connectivity index (χ1) is 3.95. The molecule has 1 radical (unpaired) electrons. The van der Waals surface area contributed by atoms with Crippen molar-refractivity contribution in [1.29, 1.82) is 0 Å². The quantitative estimate of drug-likeness (QED) is 0.349. The van der Waals surface area contributed by atoms with Crippen molar-refractivity contribution in [2.45, 2.75) is 6.10 Å². The van der Waals surface area contributed by atoms with Crippen LogP contribution in [0.4, 0.5) is 0 Å². The molecule has 0 saturated heterocycles. The van der Waals surface area contributed by atoms with Crippen LogP contribution in [-0.2, 0) is 10.1 Å². The van der Waals surface area contributed by atoms with E-state index >= 15 is 0 Å². The fourth-order valence-corrected chi connectivity index (χ4v) is 1.13. The van der Waals surface area contributed by atoms with Gasteiger partial charge in [-0.15, -0.1) is 11.6 Å². The molecule has 0 aromatic heterocycles. The van der Waals surface area contributed by atoms with Crippen molar-refractivity contribution in [3.8, 4) is 0 Å². The van der Waals surface area contributed by atoms with E-state index in [9.17, 15) is 8.42 Å². The van der Waals surface area contributed by atoms with E-state index in [0.29, 0.717) is 0 Å². The minimum absolute atomic E-state index is 0. The predicted octanol–water partition coefficient (Wildman–Crippen LogP) is -0.907. The summed E-state index contributed by atoms with van der Waals surface area (Å²) in [5, 5.41) is 8.52. The summed E-state index contributed by atoms with van der Waals surface area (Å²) < 4.78 is 27.9. The third-order valence-corrected chi connectivity index (χ3v) is 1.74. The molecule has 0 aromatic rings.